The Morgan fingerprint density at radius 1 is 0.560 bits per heavy atom. The van der Waals surface area contributed by atoms with E-state index >= 15 is 0 Å². The van der Waals surface area contributed by atoms with Crippen molar-refractivity contribution in [2.75, 3.05) is 5.32 Å². The number of para-hydroxylation sites is 3. The summed E-state index contributed by atoms with van der Waals surface area (Å²) in [6.45, 7) is 0. The number of fused-ring (bicyclic) bond motifs is 13. The lowest BCUT2D eigenvalue weighted by Gasteiger charge is -2.28. The van der Waals surface area contributed by atoms with Gasteiger partial charge >= 0.3 is 0 Å². The molecule has 0 saturated carbocycles. The molecule has 4 nitrogen and oxygen atoms in total. The van der Waals surface area contributed by atoms with E-state index in [2.05, 4.69) is 168 Å². The van der Waals surface area contributed by atoms with Crippen LogP contribution in [-0.4, -0.2) is 10.3 Å². The number of aromatic nitrogens is 1. The molecule has 1 aliphatic heterocycles. The van der Waals surface area contributed by atoms with Crippen LogP contribution in [-0.2, 0) is 0 Å². The van der Waals surface area contributed by atoms with E-state index in [9.17, 15) is 0 Å². The summed E-state index contributed by atoms with van der Waals surface area (Å²) in [4.78, 5) is 5.31. The van der Waals surface area contributed by atoms with Crippen molar-refractivity contribution in [1.29, 1.82) is 0 Å². The van der Waals surface area contributed by atoms with Crippen molar-refractivity contribution in [2.24, 2.45) is 4.99 Å². The van der Waals surface area contributed by atoms with Crippen LogP contribution in [0.2, 0.25) is 0 Å². The molecule has 11 rings (SSSR count). The minimum absolute atomic E-state index is 0.102. The van der Waals surface area contributed by atoms with Gasteiger partial charge in [-0.3, -0.25) is 0 Å². The van der Waals surface area contributed by atoms with Crippen molar-refractivity contribution < 1.29 is 4.42 Å². The first-order chi connectivity index (χ1) is 24.8. The lowest BCUT2D eigenvalue weighted by atomic mass is 9.94. The predicted molar refractivity (Wildman–Crippen MR) is 209 cm³/mol. The molecule has 1 aliphatic rings. The van der Waals surface area contributed by atoms with E-state index in [1.807, 2.05) is 6.07 Å². The van der Waals surface area contributed by atoms with Gasteiger partial charge in [0.15, 0.2) is 5.58 Å². The summed E-state index contributed by atoms with van der Waals surface area (Å²) in [6, 6.07) is 58.1. The lowest BCUT2D eigenvalue weighted by molar-refractivity contribution is 0.671. The van der Waals surface area contributed by atoms with Crippen molar-refractivity contribution in [2.45, 2.75) is 6.04 Å². The van der Waals surface area contributed by atoms with Crippen LogP contribution >= 0.6 is 0 Å². The molecule has 2 aromatic heterocycles. The van der Waals surface area contributed by atoms with E-state index in [1.54, 1.807) is 0 Å². The number of anilines is 1. The maximum Gasteiger partial charge on any atom is 0.160 e. The van der Waals surface area contributed by atoms with E-state index in [4.69, 9.17) is 9.41 Å². The number of benzene rings is 8. The molecule has 3 heterocycles. The second-order valence-corrected chi connectivity index (χ2v) is 13.1. The fourth-order valence-corrected chi connectivity index (χ4v) is 8.24. The number of aliphatic imine (C=N–C) groups is 1. The highest BCUT2D eigenvalue weighted by atomic mass is 16.3. The molecule has 8 aromatic carbocycles. The molecule has 4 heteroatoms. The Hall–Kier alpha value is -6.65. The quantitative estimate of drug-likeness (QED) is 0.209. The summed E-state index contributed by atoms with van der Waals surface area (Å²) in [6.07, 6.45) is 0. The minimum atomic E-state index is -0.102. The summed E-state index contributed by atoms with van der Waals surface area (Å²) in [7, 11) is 0. The van der Waals surface area contributed by atoms with E-state index in [1.165, 1.54) is 37.9 Å². The van der Waals surface area contributed by atoms with Crippen molar-refractivity contribution in [3.63, 3.8) is 0 Å². The lowest BCUT2D eigenvalue weighted by Crippen LogP contribution is -2.25. The molecular weight excluding hydrogens is 611 g/mol. The fourth-order valence-electron chi connectivity index (χ4n) is 8.24. The topological polar surface area (TPSA) is 42.5 Å². The molecule has 1 unspecified atom stereocenters. The SMILES string of the molecule is c1ccc(C2Nc3ccccc3N=C2c2cccc(-n3c4ccc5ccccc5c4c4c5ccccc5c5c6ccccc6oc5c43)c2)cc1. The van der Waals surface area contributed by atoms with Crippen molar-refractivity contribution in [1.82, 2.24) is 4.57 Å². The molecule has 0 aliphatic carbocycles. The first kappa shape index (κ1) is 27.3. The minimum Gasteiger partial charge on any atom is -0.454 e. The molecule has 0 radical (unpaired) electrons. The smallest absolute Gasteiger partial charge is 0.160 e. The second-order valence-electron chi connectivity index (χ2n) is 13.1. The highest BCUT2D eigenvalue weighted by Crippen LogP contribution is 2.47. The van der Waals surface area contributed by atoms with Crippen LogP contribution in [0.3, 0.4) is 0 Å². The monoisotopic (exact) mass is 639 g/mol. The average molecular weight is 640 g/mol. The van der Waals surface area contributed by atoms with Gasteiger partial charge in [0.05, 0.1) is 34.2 Å². The third kappa shape index (κ3) is 3.84. The molecule has 0 spiro atoms. The van der Waals surface area contributed by atoms with Gasteiger partial charge in [0, 0.05) is 32.8 Å². The molecular formula is C46H29N3O. The molecule has 234 valence electrons. The Kier molecular flexibility index (Phi) is 5.69. The first-order valence-electron chi connectivity index (χ1n) is 17.1. The van der Waals surface area contributed by atoms with E-state index in [0.717, 1.165) is 61.3 Å². The van der Waals surface area contributed by atoms with E-state index < -0.39 is 0 Å². The molecule has 1 atom stereocenters. The van der Waals surface area contributed by atoms with Crippen LogP contribution in [0.15, 0.2) is 173 Å². The second kappa shape index (κ2) is 10.4. The summed E-state index contributed by atoms with van der Waals surface area (Å²) < 4.78 is 9.30. The van der Waals surface area contributed by atoms with Crippen LogP contribution < -0.4 is 5.32 Å². The highest BCUT2D eigenvalue weighted by molar-refractivity contribution is 6.37. The van der Waals surface area contributed by atoms with Gasteiger partial charge in [-0.25, -0.2) is 4.99 Å². The van der Waals surface area contributed by atoms with Gasteiger partial charge in [-0.1, -0.05) is 127 Å². The number of hydrogen-bond donors (Lipinski definition) is 1. The van der Waals surface area contributed by atoms with Crippen molar-refractivity contribution in [3.8, 4) is 5.69 Å². The Morgan fingerprint density at radius 2 is 1.28 bits per heavy atom. The van der Waals surface area contributed by atoms with Crippen LogP contribution in [0.4, 0.5) is 11.4 Å². The van der Waals surface area contributed by atoms with Gasteiger partial charge in [0.2, 0.25) is 0 Å². The highest BCUT2D eigenvalue weighted by Gasteiger charge is 2.27. The summed E-state index contributed by atoms with van der Waals surface area (Å²) in [5.74, 6) is 0. The molecule has 0 fully saturated rings. The number of furan rings is 1. The van der Waals surface area contributed by atoms with Gasteiger partial charge in [-0.05, 0) is 63.5 Å². The Labute approximate surface area is 287 Å². The molecule has 50 heavy (non-hydrogen) atoms. The van der Waals surface area contributed by atoms with E-state index in [-0.39, 0.29) is 6.04 Å². The van der Waals surface area contributed by atoms with Crippen LogP contribution in [0, 0.1) is 0 Å². The molecule has 1 N–H and O–H groups in total. The standard InChI is InChI=1S/C46H29N3O/c1-2-14-29(15-3-1)43-44(48-37-23-10-9-22-36(37)47-43)30-16-12-17-31(27-30)49-38-26-25-28-13-4-5-18-32(28)41(38)42-34-20-7-6-19-33(34)40-35-21-8-11-24-39(35)50-46(40)45(42)49/h1-27,43,47H. The third-order valence-corrected chi connectivity index (χ3v) is 10.4. The Bertz CT molecular complexity index is 3020. The first-order valence-corrected chi connectivity index (χ1v) is 17.1. The third-order valence-electron chi connectivity index (χ3n) is 10.4. The Balaban J connectivity index is 1.27. The number of hydrogen-bond acceptors (Lipinski definition) is 3. The van der Waals surface area contributed by atoms with Crippen molar-refractivity contribution in [3.05, 3.63) is 175 Å². The molecule has 0 saturated heterocycles. The fraction of sp³-hybridized carbons (Fsp3) is 0.0217. The average Bonchev–Trinajstić information content (AvgIpc) is 3.75. The Morgan fingerprint density at radius 3 is 2.16 bits per heavy atom. The summed E-state index contributed by atoms with van der Waals surface area (Å²) >= 11 is 0. The van der Waals surface area contributed by atoms with Gasteiger partial charge in [0.1, 0.15) is 5.58 Å². The van der Waals surface area contributed by atoms with E-state index in [0.29, 0.717) is 0 Å². The largest absolute Gasteiger partial charge is 0.454 e. The molecule has 10 aromatic rings. The number of nitrogens with one attached hydrogen (secondary N) is 1. The zero-order chi connectivity index (χ0) is 32.8. The van der Waals surface area contributed by atoms with Crippen molar-refractivity contribution >= 4 is 82.4 Å². The summed E-state index contributed by atoms with van der Waals surface area (Å²) in [5, 5.41) is 13.4. The van der Waals surface area contributed by atoms with Gasteiger partial charge in [-0.15, -0.1) is 0 Å². The molecule has 0 bridgehead atoms. The van der Waals surface area contributed by atoms with Crippen LogP contribution in [0.5, 0.6) is 0 Å². The zero-order valence-electron chi connectivity index (χ0n) is 27.0. The van der Waals surface area contributed by atoms with Gasteiger partial charge in [0.25, 0.3) is 0 Å². The van der Waals surface area contributed by atoms with Crippen LogP contribution in [0.25, 0.3) is 71.0 Å². The predicted octanol–water partition coefficient (Wildman–Crippen LogP) is 12.3. The maximum atomic E-state index is 6.88. The number of rotatable bonds is 3. The number of nitrogens with zero attached hydrogens (tertiary/aromatic N) is 2. The summed E-state index contributed by atoms with van der Waals surface area (Å²) in [5.41, 5.74) is 10.3. The van der Waals surface area contributed by atoms with Gasteiger partial charge in [-0.2, -0.15) is 0 Å². The maximum absolute atomic E-state index is 6.88. The zero-order valence-corrected chi connectivity index (χ0v) is 27.0. The van der Waals surface area contributed by atoms with Gasteiger partial charge < -0.3 is 14.3 Å². The normalized spacial score (nSPS) is 14.5. The molecule has 0 amide bonds. The van der Waals surface area contributed by atoms with Crippen LogP contribution in [0.1, 0.15) is 17.2 Å².